The second kappa shape index (κ2) is 12.4. The number of fused-ring (bicyclic) bond motifs is 1. The average Bonchev–Trinajstić information content (AvgIpc) is 3.08. The zero-order valence-electron chi connectivity index (χ0n) is 21.1. The fourth-order valence-corrected chi connectivity index (χ4v) is 4.16. The lowest BCUT2D eigenvalue weighted by Gasteiger charge is -2.27. The lowest BCUT2D eigenvalue weighted by atomic mass is 10.0. The van der Waals surface area contributed by atoms with Crippen molar-refractivity contribution in [3.8, 4) is 11.5 Å². The molecule has 2 aromatic rings. The van der Waals surface area contributed by atoms with Gasteiger partial charge in [-0.15, -0.1) is 6.58 Å². The van der Waals surface area contributed by atoms with Crippen LogP contribution >= 0.6 is 0 Å². The third kappa shape index (κ3) is 6.14. The highest BCUT2D eigenvalue weighted by Crippen LogP contribution is 2.29. The molecule has 0 saturated heterocycles. The molecule has 3 rings (SSSR count). The van der Waals surface area contributed by atoms with Crippen LogP contribution < -0.4 is 10.3 Å². The molecule has 1 N–H and O–H groups in total. The van der Waals surface area contributed by atoms with Crippen molar-refractivity contribution in [2.24, 2.45) is 0 Å². The van der Waals surface area contributed by atoms with Crippen LogP contribution in [0.1, 0.15) is 60.1 Å². The summed E-state index contributed by atoms with van der Waals surface area (Å²) < 4.78 is 26.4. The van der Waals surface area contributed by atoms with Gasteiger partial charge in [0.2, 0.25) is 11.7 Å². The van der Waals surface area contributed by atoms with Crippen LogP contribution in [0.4, 0.5) is 4.39 Å². The number of likely N-dealkylation sites (N-methyl/N-ethyl adjacent to an activating group) is 1. The number of carbonyl (C=O) groups is 2. The monoisotopic (exact) mass is 513 g/mol. The number of hydrogen-bond donors (Lipinski definition) is 1. The fourth-order valence-electron chi connectivity index (χ4n) is 4.16. The minimum absolute atomic E-state index is 0.0540. The van der Waals surface area contributed by atoms with Crippen LogP contribution in [0.3, 0.4) is 0 Å². The summed E-state index contributed by atoms with van der Waals surface area (Å²) in [6, 6.07) is 2.84. The van der Waals surface area contributed by atoms with Gasteiger partial charge < -0.3 is 19.5 Å². The number of halogens is 1. The number of Topliss-reactive ketones (excluding diaryl/α,β-unsaturated/α-hetero) is 1. The Hall–Kier alpha value is -3.79. The van der Waals surface area contributed by atoms with Crippen molar-refractivity contribution >= 4 is 11.7 Å². The molecule has 0 unspecified atom stereocenters. The van der Waals surface area contributed by atoms with Crippen LogP contribution in [0, 0.1) is 5.82 Å². The Bertz CT molecular complexity index is 1240. The Labute approximate surface area is 214 Å². The number of nitrogens with zero attached hydrogens (tertiary/aromatic N) is 3. The van der Waals surface area contributed by atoms with Crippen LogP contribution in [0.25, 0.3) is 0 Å². The van der Waals surface area contributed by atoms with E-state index in [1.54, 1.807) is 6.08 Å². The first kappa shape index (κ1) is 27.8. The number of aromatic nitrogens is 2. The van der Waals surface area contributed by atoms with E-state index in [1.165, 1.54) is 34.7 Å². The van der Waals surface area contributed by atoms with Crippen molar-refractivity contribution in [2.75, 3.05) is 26.9 Å². The van der Waals surface area contributed by atoms with Crippen LogP contribution in [-0.4, -0.2) is 58.1 Å². The molecular formula is C27H32FN3O6. The van der Waals surface area contributed by atoms with Gasteiger partial charge in [-0.1, -0.05) is 25.6 Å². The molecule has 0 bridgehead atoms. The Morgan fingerprint density at radius 2 is 2.11 bits per heavy atom. The van der Waals surface area contributed by atoms with E-state index in [1.807, 2.05) is 6.92 Å². The molecule has 0 aliphatic carbocycles. The minimum Gasteiger partial charge on any atom is -0.501 e. The third-order valence-corrected chi connectivity index (χ3v) is 6.32. The molecule has 10 heteroatoms. The van der Waals surface area contributed by atoms with Gasteiger partial charge >= 0.3 is 0 Å². The van der Waals surface area contributed by atoms with Crippen molar-refractivity contribution in [3.05, 3.63) is 76.8 Å². The summed E-state index contributed by atoms with van der Waals surface area (Å²) in [6.07, 6.45) is 3.93. The summed E-state index contributed by atoms with van der Waals surface area (Å²) in [7, 11) is 1.53. The molecule has 9 nitrogen and oxygen atoms in total. The van der Waals surface area contributed by atoms with Crippen molar-refractivity contribution in [1.82, 2.24) is 14.5 Å². The van der Waals surface area contributed by atoms with E-state index in [4.69, 9.17) is 9.47 Å². The predicted octanol–water partition coefficient (Wildman–Crippen LogP) is 3.53. The first-order valence-corrected chi connectivity index (χ1v) is 12.1. The number of aromatic hydroxyl groups is 1. The molecule has 1 aromatic carbocycles. The number of aryl methyl sites for hydroxylation is 1. The van der Waals surface area contributed by atoms with Gasteiger partial charge in [0, 0.05) is 19.5 Å². The molecule has 0 saturated carbocycles. The summed E-state index contributed by atoms with van der Waals surface area (Å²) in [4.78, 5) is 44.5. The molecule has 0 fully saturated rings. The summed E-state index contributed by atoms with van der Waals surface area (Å²) in [5, 5.41) is 10.7. The molecule has 37 heavy (non-hydrogen) atoms. The zero-order chi connectivity index (χ0) is 27.1. The maximum absolute atomic E-state index is 13.8. The van der Waals surface area contributed by atoms with Crippen molar-refractivity contribution in [3.63, 3.8) is 0 Å². The highest BCUT2D eigenvalue weighted by Gasteiger charge is 2.34. The topological polar surface area (TPSA) is 111 Å². The molecule has 0 radical (unpaired) electrons. The smallest absolute Gasteiger partial charge is 0.296 e. The van der Waals surface area contributed by atoms with Crippen LogP contribution in [0.5, 0.6) is 11.5 Å². The van der Waals surface area contributed by atoms with Crippen molar-refractivity contribution in [2.45, 2.75) is 44.7 Å². The molecule has 2 atom stereocenters. The van der Waals surface area contributed by atoms with Crippen molar-refractivity contribution < 1.29 is 28.6 Å². The molecule has 2 heterocycles. The van der Waals surface area contributed by atoms with Gasteiger partial charge in [-0.3, -0.25) is 19.0 Å². The molecule has 1 aliphatic rings. The van der Waals surface area contributed by atoms with E-state index < -0.39 is 40.9 Å². The molecular weight excluding hydrogens is 481 g/mol. The lowest BCUT2D eigenvalue weighted by Crippen LogP contribution is -2.38. The summed E-state index contributed by atoms with van der Waals surface area (Å²) in [5.41, 5.74) is -0.558. The van der Waals surface area contributed by atoms with E-state index in [9.17, 15) is 23.9 Å². The van der Waals surface area contributed by atoms with Gasteiger partial charge in [0.05, 0.1) is 25.9 Å². The second-order valence-electron chi connectivity index (χ2n) is 8.71. The van der Waals surface area contributed by atoms with Gasteiger partial charge in [-0.25, -0.2) is 9.37 Å². The van der Waals surface area contributed by atoms with E-state index in [0.717, 1.165) is 6.08 Å². The summed E-state index contributed by atoms with van der Waals surface area (Å²) in [6.45, 7) is 9.52. The third-order valence-electron chi connectivity index (χ3n) is 6.32. The predicted molar refractivity (Wildman–Crippen MR) is 135 cm³/mol. The van der Waals surface area contributed by atoms with Gasteiger partial charge in [0.25, 0.3) is 5.56 Å². The van der Waals surface area contributed by atoms with E-state index in [2.05, 4.69) is 18.1 Å². The van der Waals surface area contributed by atoms with Crippen LogP contribution in [0.2, 0.25) is 0 Å². The standard InChI is InChI=1S/C27H32FN3O6/c1-5-8-13-37-22-14-18(28)11-9-17(22)10-12-21(32)24-25(34)27(35)31-19(6-2)15-36-16-20(26(31)29-24)30(4)23(33)7-3/h5,7,9,11,14,19-20,34H,1,3,6,8,10,12-13,15-16H2,2,4H3/t19-,20+/m0/s1. The molecule has 198 valence electrons. The number of hydrogen-bond acceptors (Lipinski definition) is 7. The fraction of sp³-hybridized carbons (Fsp3) is 0.407. The number of ether oxygens (including phenoxy) is 2. The van der Waals surface area contributed by atoms with Crippen LogP contribution in [-0.2, 0) is 16.0 Å². The normalized spacial score (nSPS) is 16.8. The quantitative estimate of drug-likeness (QED) is 0.212. The maximum atomic E-state index is 13.8. The highest BCUT2D eigenvalue weighted by atomic mass is 19.1. The van der Waals surface area contributed by atoms with Crippen molar-refractivity contribution in [1.29, 1.82) is 0 Å². The maximum Gasteiger partial charge on any atom is 0.296 e. The van der Waals surface area contributed by atoms with E-state index in [-0.39, 0.29) is 37.6 Å². The van der Waals surface area contributed by atoms with E-state index >= 15 is 0 Å². The lowest BCUT2D eigenvalue weighted by molar-refractivity contribution is -0.128. The molecule has 0 spiro atoms. The number of rotatable bonds is 11. The van der Waals surface area contributed by atoms with Gasteiger partial charge in [-0.2, -0.15) is 0 Å². The Morgan fingerprint density at radius 3 is 2.78 bits per heavy atom. The molecule has 1 aromatic heterocycles. The zero-order valence-corrected chi connectivity index (χ0v) is 21.1. The Balaban J connectivity index is 1.97. The largest absolute Gasteiger partial charge is 0.501 e. The van der Waals surface area contributed by atoms with Gasteiger partial charge in [-0.05, 0) is 37.0 Å². The Kier molecular flexibility index (Phi) is 9.35. The van der Waals surface area contributed by atoms with Gasteiger partial charge in [0.1, 0.15) is 23.4 Å². The van der Waals surface area contributed by atoms with E-state index in [0.29, 0.717) is 30.8 Å². The first-order chi connectivity index (χ1) is 17.7. The SMILES string of the molecule is C=CCCOc1cc(F)ccc1CCC(=O)c1nc2n(c(=O)c1O)[C@@H](CC)COC[C@H]2N(C)C(=O)C=C. The number of benzene rings is 1. The molecule has 1 aliphatic heterocycles. The highest BCUT2D eigenvalue weighted by molar-refractivity contribution is 5.96. The molecule has 1 amide bonds. The number of carbonyl (C=O) groups excluding carboxylic acids is 2. The average molecular weight is 514 g/mol. The summed E-state index contributed by atoms with van der Waals surface area (Å²) >= 11 is 0. The first-order valence-electron chi connectivity index (χ1n) is 12.1. The second-order valence-corrected chi connectivity index (χ2v) is 8.71. The number of ketones is 1. The Morgan fingerprint density at radius 1 is 1.35 bits per heavy atom. The van der Waals surface area contributed by atoms with Crippen LogP contribution in [0.15, 0.2) is 48.3 Å². The number of amides is 1. The minimum atomic E-state index is -0.774. The summed E-state index contributed by atoms with van der Waals surface area (Å²) in [5.74, 6) is -1.75. The van der Waals surface area contributed by atoms with Gasteiger partial charge in [0.15, 0.2) is 11.5 Å².